The third-order valence-electron chi connectivity index (χ3n) is 4.48. The number of methoxy groups -OCH3 is 1. The van der Waals surface area contributed by atoms with Gasteiger partial charge in [0.2, 0.25) is 11.9 Å². The highest BCUT2D eigenvalue weighted by Gasteiger charge is 2.41. The Labute approximate surface area is 136 Å². The first-order chi connectivity index (χ1) is 10.7. The maximum absolute atomic E-state index is 5.26. The van der Waals surface area contributed by atoms with Gasteiger partial charge in [-0.25, -0.2) is 0 Å². The van der Waals surface area contributed by atoms with Crippen LogP contribution in [0.2, 0.25) is 0 Å². The molecule has 3 rings (SSSR count). The van der Waals surface area contributed by atoms with Gasteiger partial charge in [0, 0.05) is 24.4 Å². The average Bonchev–Trinajstić information content (AvgIpc) is 3.37. The molecule has 7 heteroatoms. The van der Waals surface area contributed by atoms with Gasteiger partial charge in [-0.15, -0.1) is 0 Å². The molecule has 0 atom stereocenters. The first-order valence-corrected chi connectivity index (χ1v) is 9.31. The first kappa shape index (κ1) is 15.6. The Morgan fingerprint density at radius 3 is 2.45 bits per heavy atom. The highest BCUT2D eigenvalue weighted by atomic mass is 32.2. The predicted octanol–water partition coefficient (Wildman–Crippen LogP) is 2.57. The van der Waals surface area contributed by atoms with Gasteiger partial charge in [-0.05, 0) is 31.9 Å². The van der Waals surface area contributed by atoms with Gasteiger partial charge in [0.1, 0.15) is 0 Å². The van der Waals surface area contributed by atoms with E-state index in [0.29, 0.717) is 16.7 Å². The number of rotatable bonds is 6. The summed E-state index contributed by atoms with van der Waals surface area (Å²) in [6.45, 7) is 2.93. The molecule has 2 fully saturated rings. The van der Waals surface area contributed by atoms with Gasteiger partial charge in [0.05, 0.1) is 7.11 Å². The summed E-state index contributed by atoms with van der Waals surface area (Å²) in [4.78, 5) is 15.6. The number of hydrogen-bond acceptors (Lipinski definition) is 7. The third kappa shape index (κ3) is 3.74. The molecule has 1 saturated heterocycles. The van der Waals surface area contributed by atoms with Crippen LogP contribution in [0, 0.1) is 0 Å². The quantitative estimate of drug-likeness (QED) is 0.863. The molecule has 0 spiro atoms. The summed E-state index contributed by atoms with van der Waals surface area (Å²) in [6, 6.07) is 0.394. The molecule has 1 aliphatic carbocycles. The molecule has 0 unspecified atom stereocenters. The molecule has 1 aromatic rings. The molecule has 122 valence electrons. The summed E-state index contributed by atoms with van der Waals surface area (Å²) < 4.78 is 5.64. The standard InChI is InChI=1S/C15H25N5OS/c1-21-14-18-12(16-11-15(22-2)7-8-15)17-13(19-14)20-9-5-3-4-6-10-20/h3-11H2,1-2H3,(H,16,17,18,19). The summed E-state index contributed by atoms with van der Waals surface area (Å²) in [5.41, 5.74) is 0. The van der Waals surface area contributed by atoms with Crippen LogP contribution in [0.4, 0.5) is 11.9 Å². The molecule has 2 heterocycles. The number of anilines is 2. The predicted molar refractivity (Wildman–Crippen MR) is 91.0 cm³/mol. The summed E-state index contributed by atoms with van der Waals surface area (Å²) in [6.07, 6.45) is 9.69. The number of thioether (sulfide) groups is 1. The fourth-order valence-corrected chi connectivity index (χ4v) is 3.49. The zero-order valence-electron chi connectivity index (χ0n) is 13.5. The molecule has 1 saturated carbocycles. The minimum Gasteiger partial charge on any atom is -0.467 e. The van der Waals surface area contributed by atoms with Crippen molar-refractivity contribution in [3.8, 4) is 6.01 Å². The van der Waals surface area contributed by atoms with E-state index in [4.69, 9.17) is 4.74 Å². The molecule has 0 amide bonds. The average molecular weight is 323 g/mol. The molecule has 0 radical (unpaired) electrons. The Kier molecular flexibility index (Phi) is 4.90. The van der Waals surface area contributed by atoms with Crippen molar-refractivity contribution in [1.82, 2.24) is 15.0 Å². The van der Waals surface area contributed by atoms with E-state index in [1.807, 2.05) is 11.8 Å². The SMILES string of the molecule is COc1nc(NCC2(SC)CC2)nc(N2CCCCCC2)n1. The Hall–Kier alpha value is -1.24. The number of nitrogens with zero attached hydrogens (tertiary/aromatic N) is 4. The molecule has 0 bridgehead atoms. The molecule has 0 aromatic carbocycles. The van der Waals surface area contributed by atoms with Crippen molar-refractivity contribution in [1.29, 1.82) is 0 Å². The second-order valence-corrected chi connectivity index (χ2v) is 7.36. The Morgan fingerprint density at radius 2 is 1.86 bits per heavy atom. The van der Waals surface area contributed by atoms with Crippen molar-refractivity contribution in [2.75, 3.05) is 43.2 Å². The van der Waals surface area contributed by atoms with Crippen LogP contribution < -0.4 is 15.0 Å². The smallest absolute Gasteiger partial charge is 0.322 e. The van der Waals surface area contributed by atoms with E-state index in [2.05, 4.69) is 31.4 Å². The topological polar surface area (TPSA) is 63.2 Å². The zero-order valence-corrected chi connectivity index (χ0v) is 14.3. The van der Waals surface area contributed by atoms with E-state index >= 15 is 0 Å². The van der Waals surface area contributed by atoms with E-state index in [0.717, 1.165) is 25.6 Å². The summed E-state index contributed by atoms with van der Waals surface area (Å²) in [5, 5.41) is 3.38. The van der Waals surface area contributed by atoms with Gasteiger partial charge >= 0.3 is 6.01 Å². The monoisotopic (exact) mass is 323 g/mol. The Bertz CT molecular complexity index is 501. The third-order valence-corrected chi connectivity index (χ3v) is 5.90. The van der Waals surface area contributed by atoms with E-state index in [-0.39, 0.29) is 0 Å². The second kappa shape index (κ2) is 6.89. The molecule has 22 heavy (non-hydrogen) atoms. The van der Waals surface area contributed by atoms with Crippen LogP contribution >= 0.6 is 11.8 Å². The number of nitrogens with one attached hydrogen (secondary N) is 1. The number of aromatic nitrogens is 3. The zero-order chi connectivity index (χ0) is 15.4. The van der Waals surface area contributed by atoms with E-state index in [1.54, 1.807) is 7.11 Å². The highest BCUT2D eigenvalue weighted by Crippen LogP contribution is 2.46. The van der Waals surface area contributed by atoms with E-state index in [9.17, 15) is 0 Å². The van der Waals surface area contributed by atoms with Crippen molar-refractivity contribution in [3.05, 3.63) is 0 Å². The van der Waals surface area contributed by atoms with Gasteiger partial charge in [-0.1, -0.05) is 12.8 Å². The lowest BCUT2D eigenvalue weighted by Crippen LogP contribution is -2.27. The minimum absolute atomic E-state index is 0.378. The van der Waals surface area contributed by atoms with Gasteiger partial charge in [0.25, 0.3) is 0 Å². The van der Waals surface area contributed by atoms with Crippen molar-refractivity contribution in [3.63, 3.8) is 0 Å². The van der Waals surface area contributed by atoms with Crippen LogP contribution in [0.1, 0.15) is 38.5 Å². The Morgan fingerprint density at radius 1 is 1.14 bits per heavy atom. The van der Waals surface area contributed by atoms with Gasteiger partial charge < -0.3 is 15.0 Å². The van der Waals surface area contributed by atoms with Crippen LogP contribution in [-0.2, 0) is 0 Å². The van der Waals surface area contributed by atoms with Gasteiger partial charge in [-0.3, -0.25) is 0 Å². The van der Waals surface area contributed by atoms with Crippen LogP contribution in [0.25, 0.3) is 0 Å². The number of ether oxygens (including phenoxy) is 1. The maximum Gasteiger partial charge on any atom is 0.322 e. The molecular formula is C15H25N5OS. The maximum atomic E-state index is 5.26. The molecule has 2 aliphatic rings. The van der Waals surface area contributed by atoms with E-state index < -0.39 is 0 Å². The van der Waals surface area contributed by atoms with Crippen LogP contribution in [-0.4, -0.2) is 52.7 Å². The number of hydrogen-bond donors (Lipinski definition) is 1. The lowest BCUT2D eigenvalue weighted by molar-refractivity contribution is 0.378. The van der Waals surface area contributed by atoms with Gasteiger partial charge in [-0.2, -0.15) is 26.7 Å². The lowest BCUT2D eigenvalue weighted by atomic mass is 10.2. The summed E-state index contributed by atoms with van der Waals surface area (Å²) in [7, 11) is 1.61. The summed E-state index contributed by atoms with van der Waals surface area (Å²) in [5.74, 6) is 1.37. The minimum atomic E-state index is 0.378. The summed E-state index contributed by atoms with van der Waals surface area (Å²) >= 11 is 1.93. The van der Waals surface area contributed by atoms with Crippen molar-refractivity contribution in [2.24, 2.45) is 0 Å². The molecule has 1 aromatic heterocycles. The molecule has 6 nitrogen and oxygen atoms in total. The van der Waals surface area contributed by atoms with E-state index in [1.165, 1.54) is 38.5 Å². The molecule has 1 N–H and O–H groups in total. The normalized spacial score (nSPS) is 20.4. The highest BCUT2D eigenvalue weighted by molar-refractivity contribution is 8.00. The van der Waals surface area contributed by atoms with Crippen LogP contribution in [0.3, 0.4) is 0 Å². The van der Waals surface area contributed by atoms with Crippen LogP contribution in [0.5, 0.6) is 6.01 Å². The van der Waals surface area contributed by atoms with Crippen molar-refractivity contribution >= 4 is 23.7 Å². The lowest BCUT2D eigenvalue weighted by Gasteiger charge is -2.21. The Balaban J connectivity index is 1.73. The fourth-order valence-electron chi connectivity index (χ4n) is 2.76. The first-order valence-electron chi connectivity index (χ1n) is 8.09. The largest absolute Gasteiger partial charge is 0.467 e. The van der Waals surface area contributed by atoms with Crippen molar-refractivity contribution < 1.29 is 4.74 Å². The second-order valence-electron chi connectivity index (χ2n) is 6.09. The van der Waals surface area contributed by atoms with Crippen molar-refractivity contribution in [2.45, 2.75) is 43.3 Å². The molecule has 1 aliphatic heterocycles. The molecular weight excluding hydrogens is 298 g/mol. The van der Waals surface area contributed by atoms with Crippen LogP contribution in [0.15, 0.2) is 0 Å². The fraction of sp³-hybridized carbons (Fsp3) is 0.800. The van der Waals surface area contributed by atoms with Gasteiger partial charge in [0.15, 0.2) is 0 Å².